The van der Waals surface area contributed by atoms with Gasteiger partial charge in [0.05, 0.1) is 24.2 Å². The zero-order valence-electron chi connectivity index (χ0n) is 17.6. The molecule has 0 bridgehead atoms. The number of aryl methyl sites for hydroxylation is 2. The molecule has 2 aromatic carbocycles. The van der Waals surface area contributed by atoms with Crippen LogP contribution in [0.2, 0.25) is 0 Å². The van der Waals surface area contributed by atoms with Crippen molar-refractivity contribution in [1.29, 1.82) is 0 Å². The highest BCUT2D eigenvalue weighted by Crippen LogP contribution is 2.15. The molecule has 1 heterocycles. The molecular formula is C23H31N5O. The monoisotopic (exact) mass is 393 g/mol. The first-order chi connectivity index (χ1) is 14.2. The molecule has 29 heavy (non-hydrogen) atoms. The number of fused-ring (bicyclic) bond motifs is 1. The molecule has 0 amide bonds. The SMILES string of the molecule is CCNC(=NCc1ccc(COC)cc1)NCCCn1c(C)nc2ccccc21. The second kappa shape index (κ2) is 10.6. The zero-order valence-corrected chi connectivity index (χ0v) is 17.6. The van der Waals surface area contributed by atoms with Crippen molar-refractivity contribution in [1.82, 2.24) is 20.2 Å². The molecule has 0 atom stereocenters. The number of methoxy groups -OCH3 is 1. The predicted molar refractivity (Wildman–Crippen MR) is 119 cm³/mol. The van der Waals surface area contributed by atoms with E-state index in [4.69, 9.17) is 9.73 Å². The van der Waals surface area contributed by atoms with Crippen LogP contribution in [0.3, 0.4) is 0 Å². The van der Waals surface area contributed by atoms with Gasteiger partial charge >= 0.3 is 0 Å². The molecule has 0 aliphatic carbocycles. The van der Waals surface area contributed by atoms with E-state index in [1.807, 2.05) is 6.07 Å². The molecule has 0 aliphatic heterocycles. The van der Waals surface area contributed by atoms with Gasteiger partial charge in [-0.15, -0.1) is 0 Å². The molecule has 0 unspecified atom stereocenters. The van der Waals surface area contributed by atoms with E-state index in [9.17, 15) is 0 Å². The summed E-state index contributed by atoms with van der Waals surface area (Å²) in [5.74, 6) is 1.91. The maximum atomic E-state index is 5.16. The molecule has 0 saturated carbocycles. The van der Waals surface area contributed by atoms with Crippen LogP contribution in [-0.2, 0) is 24.4 Å². The van der Waals surface area contributed by atoms with Crippen LogP contribution in [0.4, 0.5) is 0 Å². The van der Waals surface area contributed by atoms with E-state index in [0.717, 1.165) is 43.4 Å². The number of aromatic nitrogens is 2. The molecule has 1 aromatic heterocycles. The normalized spacial score (nSPS) is 11.8. The fraction of sp³-hybridized carbons (Fsp3) is 0.391. The Bertz CT molecular complexity index is 930. The van der Waals surface area contributed by atoms with Gasteiger partial charge in [0.1, 0.15) is 5.82 Å². The van der Waals surface area contributed by atoms with Gasteiger partial charge in [0.15, 0.2) is 5.96 Å². The maximum absolute atomic E-state index is 5.16. The molecule has 0 fully saturated rings. The van der Waals surface area contributed by atoms with Crippen molar-refractivity contribution in [3.05, 3.63) is 65.5 Å². The number of nitrogens with one attached hydrogen (secondary N) is 2. The van der Waals surface area contributed by atoms with Crippen LogP contribution in [-0.4, -0.2) is 35.7 Å². The van der Waals surface area contributed by atoms with Crippen LogP contribution in [0.1, 0.15) is 30.3 Å². The number of ether oxygens (including phenoxy) is 1. The van der Waals surface area contributed by atoms with Gasteiger partial charge in [0.2, 0.25) is 0 Å². The number of hydrogen-bond acceptors (Lipinski definition) is 3. The highest BCUT2D eigenvalue weighted by atomic mass is 16.5. The second-order valence-corrected chi connectivity index (χ2v) is 7.02. The standard InChI is InChI=1S/C23H31N5O/c1-4-24-23(26-16-19-10-12-20(13-11-19)17-29-3)25-14-7-15-28-18(2)27-21-8-5-6-9-22(21)28/h5-6,8-13H,4,7,14-17H2,1-3H3,(H2,24,25,26). The van der Waals surface area contributed by atoms with Gasteiger partial charge in [-0.1, -0.05) is 36.4 Å². The summed E-state index contributed by atoms with van der Waals surface area (Å²) in [7, 11) is 1.71. The zero-order chi connectivity index (χ0) is 20.5. The molecule has 0 saturated heterocycles. The number of nitrogens with zero attached hydrogens (tertiary/aromatic N) is 3. The Hall–Kier alpha value is -2.86. The number of imidazole rings is 1. The third-order valence-corrected chi connectivity index (χ3v) is 4.79. The lowest BCUT2D eigenvalue weighted by molar-refractivity contribution is 0.185. The van der Waals surface area contributed by atoms with Crippen molar-refractivity contribution < 1.29 is 4.74 Å². The molecule has 6 heteroatoms. The van der Waals surface area contributed by atoms with E-state index in [1.54, 1.807) is 7.11 Å². The molecular weight excluding hydrogens is 362 g/mol. The summed E-state index contributed by atoms with van der Waals surface area (Å²) in [6, 6.07) is 16.7. The Balaban J connectivity index is 1.52. The summed E-state index contributed by atoms with van der Waals surface area (Å²) in [6.07, 6.45) is 0.997. The van der Waals surface area contributed by atoms with Crippen molar-refractivity contribution in [3.8, 4) is 0 Å². The number of guanidine groups is 1. The fourth-order valence-corrected chi connectivity index (χ4v) is 3.34. The van der Waals surface area contributed by atoms with Gasteiger partial charge in [-0.3, -0.25) is 0 Å². The number of aliphatic imine (C=N–C) groups is 1. The van der Waals surface area contributed by atoms with Gasteiger partial charge in [-0.25, -0.2) is 9.98 Å². The molecule has 0 aliphatic rings. The maximum Gasteiger partial charge on any atom is 0.191 e. The third kappa shape index (κ3) is 5.81. The Morgan fingerprint density at radius 3 is 2.59 bits per heavy atom. The van der Waals surface area contributed by atoms with Crippen molar-refractivity contribution >= 4 is 17.0 Å². The minimum atomic E-state index is 0.638. The minimum absolute atomic E-state index is 0.638. The Morgan fingerprint density at radius 1 is 1.07 bits per heavy atom. The van der Waals surface area contributed by atoms with E-state index in [0.29, 0.717) is 13.2 Å². The fourth-order valence-electron chi connectivity index (χ4n) is 3.34. The molecule has 0 radical (unpaired) electrons. The van der Waals surface area contributed by atoms with Gasteiger partial charge in [-0.05, 0) is 43.5 Å². The quantitative estimate of drug-likeness (QED) is 0.331. The average molecular weight is 394 g/mol. The molecule has 2 N–H and O–H groups in total. The molecule has 3 rings (SSSR count). The van der Waals surface area contributed by atoms with Crippen molar-refractivity contribution in [2.24, 2.45) is 4.99 Å². The van der Waals surface area contributed by atoms with Crippen molar-refractivity contribution in [2.45, 2.75) is 40.0 Å². The van der Waals surface area contributed by atoms with E-state index in [-0.39, 0.29) is 0 Å². The lowest BCUT2D eigenvalue weighted by Crippen LogP contribution is -2.38. The number of para-hydroxylation sites is 2. The van der Waals surface area contributed by atoms with Gasteiger partial charge in [0, 0.05) is 26.7 Å². The summed E-state index contributed by atoms with van der Waals surface area (Å²) in [5, 5.41) is 6.76. The molecule has 3 aromatic rings. The number of rotatable bonds is 9. The van der Waals surface area contributed by atoms with Gasteiger partial charge < -0.3 is 19.9 Å². The minimum Gasteiger partial charge on any atom is -0.380 e. The first kappa shape index (κ1) is 20.9. The van der Waals surface area contributed by atoms with Crippen molar-refractivity contribution in [3.63, 3.8) is 0 Å². The van der Waals surface area contributed by atoms with Gasteiger partial charge in [-0.2, -0.15) is 0 Å². The number of benzene rings is 2. The topological polar surface area (TPSA) is 63.5 Å². The van der Waals surface area contributed by atoms with Crippen LogP contribution < -0.4 is 10.6 Å². The molecule has 154 valence electrons. The Morgan fingerprint density at radius 2 is 1.83 bits per heavy atom. The largest absolute Gasteiger partial charge is 0.380 e. The van der Waals surface area contributed by atoms with Crippen LogP contribution in [0, 0.1) is 6.92 Å². The molecule has 0 spiro atoms. The van der Waals surface area contributed by atoms with Gasteiger partial charge in [0.25, 0.3) is 0 Å². The first-order valence-corrected chi connectivity index (χ1v) is 10.2. The lowest BCUT2D eigenvalue weighted by atomic mass is 10.1. The summed E-state index contributed by atoms with van der Waals surface area (Å²) in [6.45, 7) is 8.05. The second-order valence-electron chi connectivity index (χ2n) is 7.02. The van der Waals surface area contributed by atoms with E-state index >= 15 is 0 Å². The van der Waals surface area contributed by atoms with Crippen LogP contribution in [0.5, 0.6) is 0 Å². The van der Waals surface area contributed by atoms with Crippen LogP contribution in [0.15, 0.2) is 53.5 Å². The average Bonchev–Trinajstić information content (AvgIpc) is 3.05. The third-order valence-electron chi connectivity index (χ3n) is 4.79. The highest BCUT2D eigenvalue weighted by Gasteiger charge is 2.06. The summed E-state index contributed by atoms with van der Waals surface area (Å²) in [4.78, 5) is 9.34. The van der Waals surface area contributed by atoms with E-state index in [1.165, 1.54) is 16.6 Å². The summed E-state index contributed by atoms with van der Waals surface area (Å²) < 4.78 is 7.44. The van der Waals surface area contributed by atoms with E-state index in [2.05, 4.69) is 76.5 Å². The smallest absolute Gasteiger partial charge is 0.191 e. The highest BCUT2D eigenvalue weighted by molar-refractivity contribution is 5.79. The lowest BCUT2D eigenvalue weighted by Gasteiger charge is -2.12. The Kier molecular flexibility index (Phi) is 7.64. The van der Waals surface area contributed by atoms with E-state index < -0.39 is 0 Å². The molecule has 6 nitrogen and oxygen atoms in total. The Labute approximate surface area is 173 Å². The first-order valence-electron chi connectivity index (χ1n) is 10.2. The van der Waals surface area contributed by atoms with Crippen LogP contribution >= 0.6 is 0 Å². The number of hydrogen-bond donors (Lipinski definition) is 2. The van der Waals surface area contributed by atoms with Crippen LogP contribution in [0.25, 0.3) is 11.0 Å². The summed E-state index contributed by atoms with van der Waals surface area (Å²) in [5.41, 5.74) is 4.61. The summed E-state index contributed by atoms with van der Waals surface area (Å²) >= 11 is 0. The van der Waals surface area contributed by atoms with Crippen molar-refractivity contribution in [2.75, 3.05) is 20.2 Å². The predicted octanol–water partition coefficient (Wildman–Crippen LogP) is 3.64.